The van der Waals surface area contributed by atoms with Crippen LogP contribution in [0.2, 0.25) is 0 Å². The zero-order chi connectivity index (χ0) is 18.9. The first-order chi connectivity index (χ1) is 12.5. The van der Waals surface area contributed by atoms with Crippen molar-refractivity contribution in [3.8, 4) is 0 Å². The van der Waals surface area contributed by atoms with Crippen molar-refractivity contribution in [2.75, 3.05) is 17.3 Å². The van der Waals surface area contributed by atoms with E-state index in [0.29, 0.717) is 23.4 Å². The van der Waals surface area contributed by atoms with E-state index in [0.717, 1.165) is 0 Å². The molecule has 0 radical (unpaired) electrons. The van der Waals surface area contributed by atoms with Gasteiger partial charge in [-0.15, -0.1) is 0 Å². The second kappa shape index (κ2) is 9.57. The molecule has 0 fully saturated rings. The molecular formula is C18H19N3O4S. The van der Waals surface area contributed by atoms with Crippen molar-refractivity contribution >= 4 is 35.0 Å². The lowest BCUT2D eigenvalue weighted by atomic mass is 10.1. The summed E-state index contributed by atoms with van der Waals surface area (Å²) in [4.78, 5) is 35.2. The van der Waals surface area contributed by atoms with E-state index in [9.17, 15) is 19.7 Å². The maximum Gasteiger partial charge on any atom is 0.271 e. The SMILES string of the molecule is CSCC[C@H](NC(=O)c1ccccc1)C(=O)Nc1cccc([N+](=O)[O-])c1. The Kier molecular flexibility index (Phi) is 7.16. The fraction of sp³-hybridized carbons (Fsp3) is 0.222. The number of benzene rings is 2. The van der Waals surface area contributed by atoms with Crippen LogP contribution in [-0.4, -0.2) is 34.8 Å². The van der Waals surface area contributed by atoms with Gasteiger partial charge in [0.2, 0.25) is 5.91 Å². The summed E-state index contributed by atoms with van der Waals surface area (Å²) in [5.74, 6) is -0.0723. The van der Waals surface area contributed by atoms with Gasteiger partial charge in [-0.1, -0.05) is 24.3 Å². The topological polar surface area (TPSA) is 101 Å². The van der Waals surface area contributed by atoms with Crippen molar-refractivity contribution in [2.24, 2.45) is 0 Å². The van der Waals surface area contributed by atoms with Gasteiger partial charge >= 0.3 is 0 Å². The normalized spacial score (nSPS) is 11.4. The average Bonchev–Trinajstić information content (AvgIpc) is 2.65. The second-order valence-electron chi connectivity index (χ2n) is 5.47. The van der Waals surface area contributed by atoms with Crippen LogP contribution in [0, 0.1) is 10.1 Å². The molecule has 136 valence electrons. The molecule has 8 heteroatoms. The molecule has 1 atom stereocenters. The van der Waals surface area contributed by atoms with E-state index in [-0.39, 0.29) is 11.6 Å². The number of anilines is 1. The first-order valence-electron chi connectivity index (χ1n) is 7.91. The Bertz CT molecular complexity index is 783. The third-order valence-electron chi connectivity index (χ3n) is 3.59. The molecule has 0 bridgehead atoms. The number of carbonyl (C=O) groups is 2. The highest BCUT2D eigenvalue weighted by atomic mass is 32.2. The molecule has 0 aliphatic carbocycles. The molecule has 2 amide bonds. The minimum absolute atomic E-state index is 0.114. The molecule has 2 N–H and O–H groups in total. The predicted octanol–water partition coefficient (Wildman–Crippen LogP) is 3.09. The number of thioether (sulfide) groups is 1. The maximum absolute atomic E-state index is 12.6. The van der Waals surface area contributed by atoms with Crippen molar-refractivity contribution < 1.29 is 14.5 Å². The van der Waals surface area contributed by atoms with Gasteiger partial charge < -0.3 is 10.6 Å². The number of nitrogens with one attached hydrogen (secondary N) is 2. The zero-order valence-corrected chi connectivity index (χ0v) is 15.0. The highest BCUT2D eigenvalue weighted by molar-refractivity contribution is 7.98. The Labute approximate surface area is 155 Å². The van der Waals surface area contributed by atoms with Crippen LogP contribution in [0.4, 0.5) is 11.4 Å². The Morgan fingerprint density at radius 3 is 2.54 bits per heavy atom. The van der Waals surface area contributed by atoms with Gasteiger partial charge in [0.25, 0.3) is 11.6 Å². The molecule has 0 unspecified atom stereocenters. The Balaban J connectivity index is 2.10. The molecular weight excluding hydrogens is 354 g/mol. The minimum Gasteiger partial charge on any atom is -0.340 e. The van der Waals surface area contributed by atoms with Gasteiger partial charge in [0, 0.05) is 23.4 Å². The third kappa shape index (κ3) is 5.59. The standard InChI is InChI=1S/C18H19N3O4S/c1-26-11-10-16(20-17(22)13-6-3-2-4-7-13)18(23)19-14-8-5-9-15(12-14)21(24)25/h2-9,12,16H,10-11H2,1H3,(H,19,23)(H,20,22)/t16-/m0/s1. The van der Waals surface area contributed by atoms with Crippen LogP contribution in [0.5, 0.6) is 0 Å². The molecule has 0 spiro atoms. The van der Waals surface area contributed by atoms with Gasteiger partial charge in [-0.25, -0.2) is 0 Å². The number of nitrogens with zero attached hydrogens (tertiary/aromatic N) is 1. The number of nitro benzene ring substituents is 1. The largest absolute Gasteiger partial charge is 0.340 e. The number of amides is 2. The van der Waals surface area contributed by atoms with E-state index in [2.05, 4.69) is 10.6 Å². The van der Waals surface area contributed by atoms with Crippen LogP contribution in [0.15, 0.2) is 54.6 Å². The molecule has 2 rings (SSSR count). The van der Waals surface area contributed by atoms with Gasteiger partial charge in [-0.2, -0.15) is 11.8 Å². The molecule has 0 saturated carbocycles. The van der Waals surface area contributed by atoms with Gasteiger partial charge in [-0.05, 0) is 36.6 Å². The Hall–Kier alpha value is -2.87. The minimum atomic E-state index is -0.741. The van der Waals surface area contributed by atoms with Crippen LogP contribution < -0.4 is 10.6 Å². The smallest absolute Gasteiger partial charge is 0.271 e. The van der Waals surface area contributed by atoms with E-state index >= 15 is 0 Å². The number of rotatable bonds is 8. The number of hydrogen-bond acceptors (Lipinski definition) is 5. The molecule has 26 heavy (non-hydrogen) atoms. The van der Waals surface area contributed by atoms with Crippen LogP contribution >= 0.6 is 11.8 Å². The van der Waals surface area contributed by atoms with Crippen molar-refractivity contribution in [1.29, 1.82) is 0 Å². The van der Waals surface area contributed by atoms with Crippen molar-refractivity contribution in [2.45, 2.75) is 12.5 Å². The second-order valence-corrected chi connectivity index (χ2v) is 6.46. The number of hydrogen-bond donors (Lipinski definition) is 2. The monoisotopic (exact) mass is 373 g/mol. The predicted molar refractivity (Wildman–Crippen MR) is 102 cm³/mol. The van der Waals surface area contributed by atoms with E-state index in [4.69, 9.17) is 0 Å². The highest BCUT2D eigenvalue weighted by Crippen LogP contribution is 2.17. The summed E-state index contributed by atoms with van der Waals surface area (Å²) >= 11 is 1.56. The van der Waals surface area contributed by atoms with Gasteiger partial charge in [0.05, 0.1) is 4.92 Å². The third-order valence-corrected chi connectivity index (χ3v) is 4.24. The molecule has 7 nitrogen and oxygen atoms in total. The fourth-order valence-corrected chi connectivity index (χ4v) is 2.73. The number of nitro groups is 1. The summed E-state index contributed by atoms with van der Waals surface area (Å²) in [6, 6.07) is 13.6. The summed E-state index contributed by atoms with van der Waals surface area (Å²) in [5.41, 5.74) is 0.661. The molecule has 0 aromatic heterocycles. The first-order valence-corrected chi connectivity index (χ1v) is 9.31. The van der Waals surface area contributed by atoms with Crippen molar-refractivity contribution in [3.05, 3.63) is 70.3 Å². The summed E-state index contributed by atoms with van der Waals surface area (Å²) in [5, 5.41) is 16.2. The van der Waals surface area contributed by atoms with Crippen LogP contribution in [0.1, 0.15) is 16.8 Å². The highest BCUT2D eigenvalue weighted by Gasteiger charge is 2.21. The lowest BCUT2D eigenvalue weighted by Gasteiger charge is -2.18. The Morgan fingerprint density at radius 2 is 1.88 bits per heavy atom. The van der Waals surface area contributed by atoms with Gasteiger partial charge in [0.15, 0.2) is 0 Å². The van der Waals surface area contributed by atoms with E-state index in [1.54, 1.807) is 48.2 Å². The summed E-state index contributed by atoms with van der Waals surface area (Å²) < 4.78 is 0. The Morgan fingerprint density at radius 1 is 1.15 bits per heavy atom. The van der Waals surface area contributed by atoms with Crippen LogP contribution in [0.3, 0.4) is 0 Å². The summed E-state index contributed by atoms with van der Waals surface area (Å²) in [6.07, 6.45) is 2.36. The lowest BCUT2D eigenvalue weighted by molar-refractivity contribution is -0.384. The quantitative estimate of drug-likeness (QED) is 0.547. The molecule has 2 aromatic rings. The molecule has 0 aliphatic rings. The summed E-state index contributed by atoms with van der Waals surface area (Å²) in [7, 11) is 0. The van der Waals surface area contributed by atoms with Crippen LogP contribution in [-0.2, 0) is 4.79 Å². The first kappa shape index (κ1) is 19.5. The summed E-state index contributed by atoms with van der Waals surface area (Å²) in [6.45, 7) is 0. The van der Waals surface area contributed by atoms with E-state index < -0.39 is 16.9 Å². The van der Waals surface area contributed by atoms with Crippen LogP contribution in [0.25, 0.3) is 0 Å². The van der Waals surface area contributed by atoms with Crippen molar-refractivity contribution in [3.63, 3.8) is 0 Å². The number of non-ortho nitro benzene ring substituents is 1. The van der Waals surface area contributed by atoms with Gasteiger partial charge in [0.1, 0.15) is 6.04 Å². The number of carbonyl (C=O) groups excluding carboxylic acids is 2. The molecule has 0 saturated heterocycles. The molecule has 2 aromatic carbocycles. The molecule has 0 aliphatic heterocycles. The van der Waals surface area contributed by atoms with E-state index in [1.165, 1.54) is 18.2 Å². The maximum atomic E-state index is 12.6. The fourth-order valence-electron chi connectivity index (χ4n) is 2.26. The average molecular weight is 373 g/mol. The van der Waals surface area contributed by atoms with Crippen molar-refractivity contribution in [1.82, 2.24) is 5.32 Å². The zero-order valence-electron chi connectivity index (χ0n) is 14.2. The van der Waals surface area contributed by atoms with E-state index in [1.807, 2.05) is 6.26 Å². The lowest BCUT2D eigenvalue weighted by Crippen LogP contribution is -2.44. The van der Waals surface area contributed by atoms with Gasteiger partial charge in [-0.3, -0.25) is 19.7 Å². The molecule has 0 heterocycles.